The number of amides is 1. The number of carbonyl (C=O) groups is 1. The molecule has 3 aromatic rings. The summed E-state index contributed by atoms with van der Waals surface area (Å²) in [6.45, 7) is 4.96. The predicted octanol–water partition coefficient (Wildman–Crippen LogP) is 3.07. The van der Waals surface area contributed by atoms with Crippen molar-refractivity contribution in [3.63, 3.8) is 0 Å². The van der Waals surface area contributed by atoms with E-state index in [-0.39, 0.29) is 18.1 Å². The molecule has 0 bridgehead atoms. The molecule has 0 unspecified atom stereocenters. The molecule has 1 amide bonds. The van der Waals surface area contributed by atoms with E-state index < -0.39 is 0 Å². The zero-order valence-corrected chi connectivity index (χ0v) is 16.0. The van der Waals surface area contributed by atoms with Gasteiger partial charge in [-0.05, 0) is 43.7 Å². The molecule has 0 aliphatic carbocycles. The molecular weight excluding hydrogens is 362 g/mol. The summed E-state index contributed by atoms with van der Waals surface area (Å²) in [6, 6.07) is 9.29. The summed E-state index contributed by atoms with van der Waals surface area (Å²) in [5, 5.41) is 2.83. The molecular formula is C20H19N3O3S. The molecule has 27 heavy (non-hydrogen) atoms. The van der Waals surface area contributed by atoms with Gasteiger partial charge in [0, 0.05) is 29.8 Å². The van der Waals surface area contributed by atoms with Crippen LogP contribution in [0.2, 0.25) is 0 Å². The van der Waals surface area contributed by atoms with Crippen LogP contribution in [0.5, 0.6) is 5.75 Å². The summed E-state index contributed by atoms with van der Waals surface area (Å²) in [4.78, 5) is 30.5. The van der Waals surface area contributed by atoms with Crippen molar-refractivity contribution in [2.75, 3.05) is 18.1 Å². The summed E-state index contributed by atoms with van der Waals surface area (Å²) >= 11 is 1.51. The molecule has 0 radical (unpaired) electrons. The van der Waals surface area contributed by atoms with Gasteiger partial charge in [-0.15, -0.1) is 11.3 Å². The van der Waals surface area contributed by atoms with Gasteiger partial charge in [-0.3, -0.25) is 9.59 Å². The van der Waals surface area contributed by atoms with E-state index in [1.54, 1.807) is 21.7 Å². The topological polar surface area (TPSA) is 64.4 Å². The van der Waals surface area contributed by atoms with E-state index in [9.17, 15) is 9.59 Å². The average Bonchev–Trinajstić information content (AvgIpc) is 3.12. The van der Waals surface area contributed by atoms with Gasteiger partial charge in [0.05, 0.1) is 17.9 Å². The first-order chi connectivity index (χ1) is 13.0. The van der Waals surface area contributed by atoms with Crippen molar-refractivity contribution < 1.29 is 9.53 Å². The van der Waals surface area contributed by atoms with Crippen molar-refractivity contribution in [2.45, 2.75) is 20.4 Å². The number of likely N-dealkylation sites (N-methyl/N-ethyl adjacent to an activating group) is 1. The molecule has 0 saturated heterocycles. The molecule has 138 valence electrons. The molecule has 0 spiro atoms. The summed E-state index contributed by atoms with van der Waals surface area (Å²) in [5.41, 5.74) is 3.43. The van der Waals surface area contributed by atoms with Crippen molar-refractivity contribution in [3.05, 3.63) is 62.8 Å². The van der Waals surface area contributed by atoms with Crippen molar-refractivity contribution in [3.8, 4) is 17.0 Å². The largest absolute Gasteiger partial charge is 0.482 e. The van der Waals surface area contributed by atoms with Crippen LogP contribution >= 0.6 is 11.3 Å². The first-order valence-electron chi connectivity index (χ1n) is 8.74. The normalized spacial score (nSPS) is 13.4. The summed E-state index contributed by atoms with van der Waals surface area (Å²) in [7, 11) is 0. The molecule has 6 nitrogen and oxygen atoms in total. The lowest BCUT2D eigenvalue weighted by Crippen LogP contribution is -2.38. The second-order valence-corrected chi connectivity index (χ2v) is 7.35. The van der Waals surface area contributed by atoms with Crippen LogP contribution in [0, 0.1) is 6.92 Å². The van der Waals surface area contributed by atoms with Gasteiger partial charge in [0.25, 0.3) is 11.5 Å². The lowest BCUT2D eigenvalue weighted by molar-refractivity contribution is -0.121. The van der Waals surface area contributed by atoms with Gasteiger partial charge in [-0.25, -0.2) is 4.98 Å². The lowest BCUT2D eigenvalue weighted by Gasteiger charge is -2.28. The highest BCUT2D eigenvalue weighted by Crippen LogP contribution is 2.36. The van der Waals surface area contributed by atoms with E-state index in [2.05, 4.69) is 4.98 Å². The second kappa shape index (κ2) is 7.00. The average molecular weight is 381 g/mol. The number of hydrogen-bond donors (Lipinski definition) is 0. The number of thiazole rings is 1. The summed E-state index contributed by atoms with van der Waals surface area (Å²) in [6.07, 6.45) is 1.79. The number of rotatable bonds is 4. The summed E-state index contributed by atoms with van der Waals surface area (Å²) in [5.74, 6) is 0.668. The number of aromatic nitrogens is 2. The molecule has 0 saturated carbocycles. The zero-order valence-electron chi connectivity index (χ0n) is 15.1. The van der Waals surface area contributed by atoms with Crippen LogP contribution in [0.15, 0.2) is 46.7 Å². The number of pyridine rings is 1. The molecule has 0 N–H and O–H groups in total. The Morgan fingerprint density at radius 2 is 2.07 bits per heavy atom. The Labute approximate surface area is 160 Å². The van der Waals surface area contributed by atoms with Crippen LogP contribution in [0.4, 0.5) is 5.69 Å². The highest BCUT2D eigenvalue weighted by Gasteiger charge is 2.24. The lowest BCUT2D eigenvalue weighted by atomic mass is 10.1. The van der Waals surface area contributed by atoms with E-state index in [0.29, 0.717) is 18.8 Å². The fourth-order valence-corrected chi connectivity index (χ4v) is 3.91. The van der Waals surface area contributed by atoms with E-state index in [0.717, 1.165) is 27.5 Å². The Kier molecular flexibility index (Phi) is 4.53. The fraction of sp³-hybridized carbons (Fsp3) is 0.250. The van der Waals surface area contributed by atoms with Crippen LogP contribution in [0.25, 0.3) is 11.3 Å². The second-order valence-electron chi connectivity index (χ2n) is 6.41. The van der Waals surface area contributed by atoms with Crippen molar-refractivity contribution in [1.82, 2.24) is 9.55 Å². The number of nitrogens with zero attached hydrogens (tertiary/aromatic N) is 3. The standard InChI is InChI=1S/C20H19N3O3S/c1-3-23-16-9-14(4-5-17(16)26-11-20(23)25)15-12-27-18(21-15)10-22-7-6-13(2)8-19(22)24/h4-9,12H,3,10-11H2,1-2H3. The minimum Gasteiger partial charge on any atom is -0.482 e. The predicted molar refractivity (Wildman–Crippen MR) is 106 cm³/mol. The smallest absolute Gasteiger partial charge is 0.265 e. The monoisotopic (exact) mass is 381 g/mol. The maximum atomic E-state index is 12.1. The van der Waals surface area contributed by atoms with Gasteiger partial charge in [0.2, 0.25) is 0 Å². The Morgan fingerprint density at radius 1 is 1.22 bits per heavy atom. The van der Waals surface area contributed by atoms with E-state index in [1.165, 1.54) is 11.3 Å². The zero-order chi connectivity index (χ0) is 19.0. The molecule has 2 aromatic heterocycles. The molecule has 0 fully saturated rings. The van der Waals surface area contributed by atoms with Gasteiger partial charge >= 0.3 is 0 Å². The number of hydrogen-bond acceptors (Lipinski definition) is 5. The van der Waals surface area contributed by atoms with Gasteiger partial charge in [0.1, 0.15) is 10.8 Å². The van der Waals surface area contributed by atoms with Gasteiger partial charge < -0.3 is 14.2 Å². The molecule has 3 heterocycles. The van der Waals surface area contributed by atoms with Crippen LogP contribution in [-0.2, 0) is 11.3 Å². The summed E-state index contributed by atoms with van der Waals surface area (Å²) < 4.78 is 7.17. The van der Waals surface area contributed by atoms with Gasteiger partial charge in [0.15, 0.2) is 6.61 Å². The third kappa shape index (κ3) is 3.38. The van der Waals surface area contributed by atoms with Gasteiger partial charge in [-0.1, -0.05) is 0 Å². The Morgan fingerprint density at radius 3 is 2.85 bits per heavy atom. The minimum absolute atomic E-state index is 0.0326. The van der Waals surface area contributed by atoms with E-state index in [4.69, 9.17) is 4.74 Å². The van der Waals surface area contributed by atoms with Crippen molar-refractivity contribution >= 4 is 22.9 Å². The SMILES string of the molecule is CCN1C(=O)COc2ccc(-c3csc(Cn4ccc(C)cc4=O)n3)cc21. The third-order valence-electron chi connectivity index (χ3n) is 4.52. The molecule has 7 heteroatoms. The van der Waals surface area contributed by atoms with E-state index in [1.807, 2.05) is 43.5 Å². The van der Waals surface area contributed by atoms with Crippen LogP contribution in [-0.4, -0.2) is 28.6 Å². The quantitative estimate of drug-likeness (QED) is 0.697. The molecule has 1 aromatic carbocycles. The molecule has 1 aliphatic heterocycles. The maximum Gasteiger partial charge on any atom is 0.265 e. The highest BCUT2D eigenvalue weighted by atomic mass is 32.1. The number of ether oxygens (including phenoxy) is 1. The maximum absolute atomic E-state index is 12.1. The van der Waals surface area contributed by atoms with Crippen LogP contribution < -0.4 is 15.2 Å². The Bertz CT molecular complexity index is 1070. The van der Waals surface area contributed by atoms with Crippen molar-refractivity contribution in [2.24, 2.45) is 0 Å². The van der Waals surface area contributed by atoms with Crippen LogP contribution in [0.3, 0.4) is 0 Å². The Hall–Kier alpha value is -2.93. The first-order valence-corrected chi connectivity index (χ1v) is 9.62. The van der Waals surface area contributed by atoms with Crippen molar-refractivity contribution in [1.29, 1.82) is 0 Å². The fourth-order valence-electron chi connectivity index (χ4n) is 3.11. The molecule has 1 aliphatic rings. The van der Waals surface area contributed by atoms with E-state index >= 15 is 0 Å². The number of benzene rings is 1. The van der Waals surface area contributed by atoms with Crippen LogP contribution in [0.1, 0.15) is 17.5 Å². The molecule has 4 rings (SSSR count). The number of anilines is 1. The number of carbonyl (C=O) groups excluding carboxylic acids is 1. The number of fused-ring (bicyclic) bond motifs is 1. The highest BCUT2D eigenvalue weighted by molar-refractivity contribution is 7.09. The van der Waals surface area contributed by atoms with Gasteiger partial charge in [-0.2, -0.15) is 0 Å². The molecule has 0 atom stereocenters. The Balaban J connectivity index is 1.63. The first kappa shape index (κ1) is 17.5. The minimum atomic E-state index is -0.0418. The third-order valence-corrected chi connectivity index (χ3v) is 5.36. The number of aryl methyl sites for hydroxylation is 1.